The fraction of sp³-hybridized carbons (Fsp3) is 0.667. The van der Waals surface area contributed by atoms with Gasteiger partial charge in [0.15, 0.2) is 0 Å². The number of rotatable bonds is 5. The molecule has 2 aliphatic heterocycles. The molecule has 1 aromatic rings. The minimum Gasteiger partial charge on any atom is -0.497 e. The van der Waals surface area contributed by atoms with Gasteiger partial charge in [0.2, 0.25) is 10.0 Å². The zero-order valence-electron chi connectivity index (χ0n) is 15.3. The van der Waals surface area contributed by atoms with Crippen LogP contribution in [0.1, 0.15) is 25.7 Å². The molecule has 1 atom stereocenters. The molecule has 2 fully saturated rings. The maximum absolute atomic E-state index is 12.9. The van der Waals surface area contributed by atoms with Gasteiger partial charge in [0.05, 0.1) is 36.4 Å². The van der Waals surface area contributed by atoms with Crippen LogP contribution in [0.4, 0.5) is 0 Å². The van der Waals surface area contributed by atoms with Crippen LogP contribution >= 0.6 is 0 Å². The predicted octanol–water partition coefficient (Wildman–Crippen LogP) is 1.41. The second kappa shape index (κ2) is 7.44. The third-order valence-corrected chi connectivity index (χ3v) is 7.28. The number of piperidine rings is 1. The number of aliphatic hydroxyl groups is 1. The van der Waals surface area contributed by atoms with Crippen molar-refractivity contribution in [2.75, 3.05) is 40.5 Å². The van der Waals surface area contributed by atoms with Gasteiger partial charge in [0, 0.05) is 33.0 Å². The van der Waals surface area contributed by atoms with Gasteiger partial charge < -0.3 is 19.3 Å². The van der Waals surface area contributed by atoms with E-state index in [2.05, 4.69) is 0 Å². The van der Waals surface area contributed by atoms with Crippen molar-refractivity contribution in [3.05, 3.63) is 24.3 Å². The van der Waals surface area contributed by atoms with E-state index < -0.39 is 21.2 Å². The highest BCUT2D eigenvalue weighted by molar-refractivity contribution is 7.89. The second-order valence-corrected chi connectivity index (χ2v) is 9.13. The van der Waals surface area contributed by atoms with Crippen molar-refractivity contribution in [2.45, 2.75) is 41.8 Å². The first-order chi connectivity index (χ1) is 12.3. The lowest BCUT2D eigenvalue weighted by atomic mass is 9.77. The van der Waals surface area contributed by atoms with Gasteiger partial charge in [-0.15, -0.1) is 0 Å². The zero-order valence-corrected chi connectivity index (χ0v) is 16.1. The van der Waals surface area contributed by atoms with Gasteiger partial charge in [0.1, 0.15) is 5.75 Å². The number of hydrogen-bond acceptors (Lipinski definition) is 6. The van der Waals surface area contributed by atoms with Crippen LogP contribution in [0.15, 0.2) is 29.2 Å². The van der Waals surface area contributed by atoms with E-state index in [1.807, 2.05) is 0 Å². The fourth-order valence-corrected chi connectivity index (χ4v) is 5.38. The summed E-state index contributed by atoms with van der Waals surface area (Å²) < 4.78 is 43.4. The first-order valence-electron chi connectivity index (χ1n) is 8.82. The minimum absolute atomic E-state index is 0.259. The zero-order chi connectivity index (χ0) is 18.8. The van der Waals surface area contributed by atoms with Crippen LogP contribution in [-0.2, 0) is 19.5 Å². The van der Waals surface area contributed by atoms with E-state index in [0.29, 0.717) is 51.1 Å². The Morgan fingerprint density at radius 3 is 2.38 bits per heavy atom. The molecule has 0 saturated carbocycles. The standard InChI is InChI=1S/C18H27NO6S/c1-23-14-17(20)9-12-25-18(13-17)7-10-19(11-8-18)26(21,22)16-5-3-15(24-2)4-6-16/h3-6,20H,7-14H2,1-2H3. The average molecular weight is 385 g/mol. The molecule has 2 saturated heterocycles. The maximum Gasteiger partial charge on any atom is 0.243 e. The van der Waals surface area contributed by atoms with Gasteiger partial charge in [0.25, 0.3) is 0 Å². The lowest BCUT2D eigenvalue weighted by Gasteiger charge is -2.48. The summed E-state index contributed by atoms with van der Waals surface area (Å²) in [5.74, 6) is 0.620. The molecule has 26 heavy (non-hydrogen) atoms. The van der Waals surface area contributed by atoms with Crippen LogP contribution in [0.3, 0.4) is 0 Å². The van der Waals surface area contributed by atoms with E-state index >= 15 is 0 Å². The quantitative estimate of drug-likeness (QED) is 0.825. The maximum atomic E-state index is 12.9. The molecule has 0 aromatic heterocycles. The minimum atomic E-state index is -3.55. The summed E-state index contributed by atoms with van der Waals surface area (Å²) in [5, 5.41) is 10.7. The molecule has 7 nitrogen and oxygen atoms in total. The van der Waals surface area contributed by atoms with Crippen LogP contribution in [0, 0.1) is 0 Å². The summed E-state index contributed by atoms with van der Waals surface area (Å²) in [7, 11) is -0.429. The summed E-state index contributed by atoms with van der Waals surface area (Å²) in [4.78, 5) is 0.259. The first-order valence-corrected chi connectivity index (χ1v) is 10.3. The lowest BCUT2D eigenvalue weighted by molar-refractivity contribution is -0.188. The number of benzene rings is 1. The smallest absolute Gasteiger partial charge is 0.243 e. The molecule has 0 aliphatic carbocycles. The van der Waals surface area contributed by atoms with E-state index in [4.69, 9.17) is 14.2 Å². The Hall–Kier alpha value is -1.19. The molecule has 0 radical (unpaired) electrons. The fourth-order valence-electron chi connectivity index (χ4n) is 3.94. The number of ether oxygens (including phenoxy) is 3. The number of hydrogen-bond donors (Lipinski definition) is 1. The molecule has 3 rings (SSSR count). The van der Waals surface area contributed by atoms with Crippen molar-refractivity contribution in [1.82, 2.24) is 4.31 Å². The molecule has 146 valence electrons. The summed E-state index contributed by atoms with van der Waals surface area (Å²) in [6, 6.07) is 6.42. The molecular weight excluding hydrogens is 358 g/mol. The van der Waals surface area contributed by atoms with Crippen LogP contribution in [0.2, 0.25) is 0 Å². The van der Waals surface area contributed by atoms with Crippen LogP contribution in [0.25, 0.3) is 0 Å². The lowest BCUT2D eigenvalue weighted by Crippen LogP contribution is -2.56. The van der Waals surface area contributed by atoms with E-state index in [1.165, 1.54) is 4.31 Å². The van der Waals surface area contributed by atoms with E-state index in [-0.39, 0.29) is 11.5 Å². The van der Waals surface area contributed by atoms with Crippen molar-refractivity contribution in [1.29, 1.82) is 0 Å². The predicted molar refractivity (Wildman–Crippen MR) is 95.7 cm³/mol. The molecule has 2 aliphatic rings. The highest BCUT2D eigenvalue weighted by atomic mass is 32.2. The topological polar surface area (TPSA) is 85.3 Å². The van der Waals surface area contributed by atoms with E-state index in [1.54, 1.807) is 38.5 Å². The molecule has 1 spiro atoms. The Balaban J connectivity index is 1.69. The average Bonchev–Trinajstić information content (AvgIpc) is 2.62. The Labute approximate surface area is 154 Å². The molecule has 0 amide bonds. The number of nitrogens with zero attached hydrogens (tertiary/aromatic N) is 1. The summed E-state index contributed by atoms with van der Waals surface area (Å²) in [6.07, 6.45) is 2.14. The summed E-state index contributed by atoms with van der Waals surface area (Å²) in [6.45, 7) is 1.48. The molecular formula is C18H27NO6S. The van der Waals surface area contributed by atoms with Crippen molar-refractivity contribution in [3.8, 4) is 5.75 Å². The monoisotopic (exact) mass is 385 g/mol. The summed E-state index contributed by atoms with van der Waals surface area (Å²) >= 11 is 0. The molecule has 0 bridgehead atoms. The third kappa shape index (κ3) is 3.89. The molecule has 1 unspecified atom stereocenters. The van der Waals surface area contributed by atoms with Gasteiger partial charge in [-0.05, 0) is 37.1 Å². The van der Waals surface area contributed by atoms with Gasteiger partial charge in [-0.2, -0.15) is 4.31 Å². The number of methoxy groups -OCH3 is 2. The summed E-state index contributed by atoms with van der Waals surface area (Å²) in [5.41, 5.74) is -1.37. The Morgan fingerprint density at radius 1 is 1.15 bits per heavy atom. The largest absolute Gasteiger partial charge is 0.497 e. The Bertz CT molecular complexity index is 708. The third-order valence-electron chi connectivity index (χ3n) is 5.37. The second-order valence-electron chi connectivity index (χ2n) is 7.20. The van der Waals surface area contributed by atoms with E-state index in [9.17, 15) is 13.5 Å². The number of sulfonamides is 1. The van der Waals surface area contributed by atoms with Gasteiger partial charge >= 0.3 is 0 Å². The van der Waals surface area contributed by atoms with Crippen molar-refractivity contribution < 1.29 is 27.7 Å². The van der Waals surface area contributed by atoms with Crippen LogP contribution in [0.5, 0.6) is 5.75 Å². The Morgan fingerprint density at radius 2 is 1.81 bits per heavy atom. The van der Waals surface area contributed by atoms with Crippen LogP contribution < -0.4 is 4.74 Å². The first kappa shape index (κ1) is 19.6. The van der Waals surface area contributed by atoms with Crippen molar-refractivity contribution in [3.63, 3.8) is 0 Å². The molecule has 2 heterocycles. The van der Waals surface area contributed by atoms with Gasteiger partial charge in [-0.25, -0.2) is 8.42 Å². The van der Waals surface area contributed by atoms with Gasteiger partial charge in [-0.1, -0.05) is 0 Å². The van der Waals surface area contributed by atoms with Gasteiger partial charge in [-0.3, -0.25) is 0 Å². The van der Waals surface area contributed by atoms with Crippen LogP contribution in [-0.4, -0.2) is 69.6 Å². The SMILES string of the molecule is COCC1(O)CCOC2(CCN(S(=O)(=O)c3ccc(OC)cc3)CC2)C1. The normalized spacial score (nSPS) is 26.7. The molecule has 8 heteroatoms. The molecule has 1 aromatic carbocycles. The molecule has 1 N–H and O–H groups in total. The van der Waals surface area contributed by atoms with Crippen molar-refractivity contribution in [2.24, 2.45) is 0 Å². The Kier molecular flexibility index (Phi) is 5.60. The highest BCUT2D eigenvalue weighted by Crippen LogP contribution is 2.40. The van der Waals surface area contributed by atoms with Crippen molar-refractivity contribution >= 4 is 10.0 Å². The van der Waals surface area contributed by atoms with E-state index in [0.717, 1.165) is 0 Å². The highest BCUT2D eigenvalue weighted by Gasteiger charge is 2.47.